The summed E-state index contributed by atoms with van der Waals surface area (Å²) in [6.07, 6.45) is 4.06. The summed E-state index contributed by atoms with van der Waals surface area (Å²) in [6, 6.07) is 1.79. The van der Waals surface area contributed by atoms with Crippen LogP contribution < -0.4 is 22.1 Å². The number of hydrogen-bond acceptors (Lipinski definition) is 5. The third-order valence-electron chi connectivity index (χ3n) is 3.48. The Labute approximate surface area is 127 Å². The van der Waals surface area contributed by atoms with E-state index >= 15 is 0 Å². The predicted molar refractivity (Wildman–Crippen MR) is 82.5 cm³/mol. The summed E-state index contributed by atoms with van der Waals surface area (Å²) in [5.41, 5.74) is 11.0. The molecule has 1 aromatic rings. The average molecular weight is 302 g/mol. The summed E-state index contributed by atoms with van der Waals surface area (Å²) < 4.78 is 0. The van der Waals surface area contributed by atoms with Crippen molar-refractivity contribution in [1.82, 2.24) is 10.3 Å². The van der Waals surface area contributed by atoms with Crippen molar-refractivity contribution in [3.8, 4) is 0 Å². The van der Waals surface area contributed by atoms with Crippen molar-refractivity contribution in [3.05, 3.63) is 36.0 Å². The van der Waals surface area contributed by atoms with E-state index in [1.54, 1.807) is 0 Å². The van der Waals surface area contributed by atoms with Crippen LogP contribution in [0.2, 0.25) is 0 Å². The van der Waals surface area contributed by atoms with Gasteiger partial charge in [-0.05, 0) is 25.0 Å². The molecule has 22 heavy (non-hydrogen) atoms. The molecule has 0 unspecified atom stereocenters. The van der Waals surface area contributed by atoms with Crippen LogP contribution in [0, 0.1) is 5.41 Å². The number of hydrogen-bond donors (Lipinski definition) is 5. The number of nitrogens with one attached hydrogen (secondary N) is 3. The van der Waals surface area contributed by atoms with E-state index in [1.807, 2.05) is 0 Å². The quantitative estimate of drug-likeness (QED) is 0.278. The maximum Gasteiger partial charge on any atom is 0.251 e. The molecule has 0 bridgehead atoms. The standard InChI is InChI=1S/C14H18N6O2/c1-2-12(21)20-8-3-7(4-8)19-11-5-9(13(15)16)10(6-18-11)14(17)22/h2,5-8H,1,3-4H2,(H3,15,16)(H2,17,22)(H,18,19)(H,20,21). The van der Waals surface area contributed by atoms with Gasteiger partial charge in [-0.2, -0.15) is 0 Å². The van der Waals surface area contributed by atoms with Gasteiger partial charge in [-0.15, -0.1) is 0 Å². The molecule has 0 aliphatic heterocycles. The number of nitrogen functional groups attached to an aromatic ring is 1. The smallest absolute Gasteiger partial charge is 0.251 e. The van der Waals surface area contributed by atoms with Crippen molar-refractivity contribution in [2.45, 2.75) is 24.9 Å². The molecule has 8 nitrogen and oxygen atoms in total. The molecular formula is C14H18N6O2. The van der Waals surface area contributed by atoms with Crippen molar-refractivity contribution in [2.24, 2.45) is 11.5 Å². The SMILES string of the molecule is C=CC(=O)NC1CC(Nc2cc(C(=N)N)c(C(N)=O)cn2)C1. The fourth-order valence-electron chi connectivity index (χ4n) is 2.28. The first-order chi connectivity index (χ1) is 10.4. The van der Waals surface area contributed by atoms with Crippen LogP contribution in [0.3, 0.4) is 0 Å². The molecular weight excluding hydrogens is 284 g/mol. The van der Waals surface area contributed by atoms with Crippen LogP contribution in [0.1, 0.15) is 28.8 Å². The van der Waals surface area contributed by atoms with Gasteiger partial charge < -0.3 is 22.1 Å². The van der Waals surface area contributed by atoms with Gasteiger partial charge in [0.25, 0.3) is 5.91 Å². The van der Waals surface area contributed by atoms with Gasteiger partial charge in [0.15, 0.2) is 0 Å². The molecule has 0 saturated heterocycles. The zero-order valence-corrected chi connectivity index (χ0v) is 11.9. The molecule has 0 atom stereocenters. The number of rotatable bonds is 6. The zero-order valence-electron chi connectivity index (χ0n) is 11.9. The molecule has 1 aliphatic rings. The maximum atomic E-state index is 11.3. The minimum atomic E-state index is -0.680. The maximum absolute atomic E-state index is 11.3. The molecule has 116 valence electrons. The summed E-state index contributed by atoms with van der Waals surface area (Å²) in [7, 11) is 0. The summed E-state index contributed by atoms with van der Waals surface area (Å²) in [4.78, 5) is 26.5. The lowest BCUT2D eigenvalue weighted by Gasteiger charge is -2.36. The molecule has 1 aromatic heterocycles. The van der Waals surface area contributed by atoms with E-state index in [4.69, 9.17) is 16.9 Å². The van der Waals surface area contributed by atoms with Gasteiger partial charge in [-0.3, -0.25) is 15.0 Å². The molecule has 1 heterocycles. The molecule has 1 aliphatic carbocycles. The zero-order chi connectivity index (χ0) is 16.3. The van der Waals surface area contributed by atoms with Gasteiger partial charge in [-0.1, -0.05) is 6.58 Å². The molecule has 1 saturated carbocycles. The van der Waals surface area contributed by atoms with Gasteiger partial charge in [-0.25, -0.2) is 4.98 Å². The van der Waals surface area contributed by atoms with Crippen molar-refractivity contribution in [1.29, 1.82) is 5.41 Å². The highest BCUT2D eigenvalue weighted by Gasteiger charge is 2.30. The van der Waals surface area contributed by atoms with Gasteiger partial charge in [0.2, 0.25) is 5.91 Å². The van der Waals surface area contributed by atoms with Crippen molar-refractivity contribution >= 4 is 23.5 Å². The molecule has 0 radical (unpaired) electrons. The lowest BCUT2D eigenvalue weighted by atomic mass is 9.86. The fourth-order valence-corrected chi connectivity index (χ4v) is 2.28. The van der Waals surface area contributed by atoms with E-state index in [1.165, 1.54) is 18.3 Å². The monoisotopic (exact) mass is 302 g/mol. The number of amidine groups is 1. The largest absolute Gasteiger partial charge is 0.384 e. The summed E-state index contributed by atoms with van der Waals surface area (Å²) in [5.74, 6) is -0.607. The Kier molecular flexibility index (Phi) is 4.40. The minimum absolute atomic E-state index is 0.111. The number of pyridine rings is 1. The third-order valence-corrected chi connectivity index (χ3v) is 3.48. The molecule has 0 spiro atoms. The molecule has 8 heteroatoms. The summed E-state index contributed by atoms with van der Waals surface area (Å²) in [6.45, 7) is 3.40. The summed E-state index contributed by atoms with van der Waals surface area (Å²) >= 11 is 0. The Bertz CT molecular complexity index is 636. The van der Waals surface area contributed by atoms with E-state index in [9.17, 15) is 9.59 Å². The van der Waals surface area contributed by atoms with Gasteiger partial charge in [0, 0.05) is 23.8 Å². The van der Waals surface area contributed by atoms with Crippen LogP contribution in [0.5, 0.6) is 0 Å². The molecule has 1 fully saturated rings. The number of carbonyl (C=O) groups is 2. The Morgan fingerprint density at radius 1 is 1.32 bits per heavy atom. The van der Waals surface area contributed by atoms with Gasteiger partial charge in [0.05, 0.1) is 5.56 Å². The first-order valence-corrected chi connectivity index (χ1v) is 6.74. The van der Waals surface area contributed by atoms with Crippen molar-refractivity contribution in [2.75, 3.05) is 5.32 Å². The van der Waals surface area contributed by atoms with Gasteiger partial charge in [0.1, 0.15) is 11.7 Å². The number of nitrogens with two attached hydrogens (primary N) is 2. The van der Waals surface area contributed by atoms with Crippen LogP contribution in [0.4, 0.5) is 5.82 Å². The Morgan fingerprint density at radius 3 is 2.55 bits per heavy atom. The van der Waals surface area contributed by atoms with E-state index in [0.29, 0.717) is 5.82 Å². The highest BCUT2D eigenvalue weighted by Crippen LogP contribution is 2.24. The van der Waals surface area contributed by atoms with Crippen LogP contribution in [-0.2, 0) is 4.79 Å². The third kappa shape index (κ3) is 3.40. The van der Waals surface area contributed by atoms with Gasteiger partial charge >= 0.3 is 0 Å². The van der Waals surface area contributed by atoms with Crippen LogP contribution in [0.15, 0.2) is 24.9 Å². The van der Waals surface area contributed by atoms with E-state index in [0.717, 1.165) is 12.8 Å². The van der Waals surface area contributed by atoms with Crippen LogP contribution in [0.25, 0.3) is 0 Å². The van der Waals surface area contributed by atoms with Crippen molar-refractivity contribution in [3.63, 3.8) is 0 Å². The highest BCUT2D eigenvalue weighted by molar-refractivity contribution is 6.07. The normalized spacial score (nSPS) is 19.6. The lowest BCUT2D eigenvalue weighted by Crippen LogP contribution is -2.49. The number of aromatic nitrogens is 1. The second kappa shape index (κ2) is 6.25. The van der Waals surface area contributed by atoms with Crippen LogP contribution in [-0.4, -0.2) is 34.7 Å². The highest BCUT2D eigenvalue weighted by atomic mass is 16.1. The number of nitrogens with zero attached hydrogens (tertiary/aromatic N) is 1. The second-order valence-corrected chi connectivity index (χ2v) is 5.12. The van der Waals surface area contributed by atoms with Crippen molar-refractivity contribution < 1.29 is 9.59 Å². The average Bonchev–Trinajstić information content (AvgIpc) is 2.44. The van der Waals surface area contributed by atoms with E-state index < -0.39 is 5.91 Å². The Balaban J connectivity index is 1.99. The topological polar surface area (TPSA) is 147 Å². The number of primary amides is 1. The second-order valence-electron chi connectivity index (χ2n) is 5.12. The molecule has 0 aromatic carbocycles. The molecule has 7 N–H and O–H groups in total. The first-order valence-electron chi connectivity index (χ1n) is 6.74. The molecule has 2 rings (SSSR count). The minimum Gasteiger partial charge on any atom is -0.384 e. The number of amides is 2. The lowest BCUT2D eigenvalue weighted by molar-refractivity contribution is -0.117. The summed E-state index contributed by atoms with van der Waals surface area (Å²) in [5, 5.41) is 13.5. The predicted octanol–water partition coefficient (Wildman–Crippen LogP) is -0.290. The van der Waals surface area contributed by atoms with E-state index in [2.05, 4.69) is 22.2 Å². The van der Waals surface area contributed by atoms with Crippen LogP contribution >= 0.6 is 0 Å². The molecule has 2 amide bonds. The van der Waals surface area contributed by atoms with E-state index in [-0.39, 0.29) is 35.0 Å². The number of carbonyl (C=O) groups excluding carboxylic acids is 2. The Morgan fingerprint density at radius 2 is 2.00 bits per heavy atom. The fraction of sp³-hybridized carbons (Fsp3) is 0.286. The Hall–Kier alpha value is -2.90. The first kappa shape index (κ1) is 15.5. The number of anilines is 1.